The maximum Gasteiger partial charge on any atom is 0.334 e. The van der Waals surface area contributed by atoms with Gasteiger partial charge < -0.3 is 18.9 Å². The fraction of sp³-hybridized carbons (Fsp3) is 0.227. The van der Waals surface area contributed by atoms with Gasteiger partial charge in [-0.05, 0) is 50.2 Å². The molecule has 3 rings (SSSR count). The first-order chi connectivity index (χ1) is 14.9. The van der Waals surface area contributed by atoms with Crippen LogP contribution in [0.5, 0.6) is 17.4 Å². The molecule has 9 heteroatoms. The van der Waals surface area contributed by atoms with Crippen LogP contribution in [0.3, 0.4) is 0 Å². The third-order valence-electron chi connectivity index (χ3n) is 4.10. The zero-order valence-electron chi connectivity index (χ0n) is 17.1. The molecular weight excluding hydrogens is 443 g/mol. The molecule has 7 nitrogen and oxygen atoms in total. The highest BCUT2D eigenvalue weighted by Crippen LogP contribution is 2.28. The summed E-state index contributed by atoms with van der Waals surface area (Å²) in [7, 11) is 1.47. The molecule has 0 radical (unpaired) electrons. The van der Waals surface area contributed by atoms with Crippen molar-refractivity contribution in [1.29, 1.82) is 0 Å². The van der Waals surface area contributed by atoms with Crippen LogP contribution in [0.2, 0.25) is 10.0 Å². The second kappa shape index (κ2) is 10.3. The van der Waals surface area contributed by atoms with Crippen molar-refractivity contribution in [3.05, 3.63) is 64.5 Å². The Hall–Kier alpha value is -3.03. The average molecular weight is 463 g/mol. The van der Waals surface area contributed by atoms with E-state index >= 15 is 0 Å². The van der Waals surface area contributed by atoms with Crippen LogP contribution in [0.25, 0.3) is 11.0 Å². The first-order valence-corrected chi connectivity index (χ1v) is 10.1. The minimum Gasteiger partial charge on any atom is -0.497 e. The van der Waals surface area contributed by atoms with Gasteiger partial charge in [0, 0.05) is 0 Å². The molecule has 1 heterocycles. The van der Waals surface area contributed by atoms with Crippen LogP contribution in [-0.4, -0.2) is 35.8 Å². The van der Waals surface area contributed by atoms with Crippen molar-refractivity contribution in [2.75, 3.05) is 13.7 Å². The molecule has 0 spiro atoms. The van der Waals surface area contributed by atoms with Crippen LogP contribution >= 0.6 is 23.2 Å². The van der Waals surface area contributed by atoms with Crippen LogP contribution in [-0.2, 0) is 14.3 Å². The van der Waals surface area contributed by atoms with E-state index in [4.69, 9.17) is 42.1 Å². The Bertz CT molecular complexity index is 1100. The van der Waals surface area contributed by atoms with Gasteiger partial charge in [-0.15, -0.1) is 0 Å². The average Bonchev–Trinajstić information content (AvgIpc) is 2.74. The number of ether oxygens (including phenoxy) is 4. The smallest absolute Gasteiger partial charge is 0.334 e. The van der Waals surface area contributed by atoms with E-state index in [2.05, 4.69) is 9.97 Å². The number of halogens is 2. The van der Waals surface area contributed by atoms with Gasteiger partial charge in [-0.25, -0.2) is 14.8 Å². The van der Waals surface area contributed by atoms with Crippen molar-refractivity contribution in [2.24, 2.45) is 0 Å². The molecule has 0 N–H and O–H groups in total. The Labute approximate surface area is 189 Å². The van der Waals surface area contributed by atoms with Gasteiger partial charge in [0.2, 0.25) is 5.88 Å². The lowest BCUT2D eigenvalue weighted by Gasteiger charge is -2.17. The van der Waals surface area contributed by atoms with Crippen molar-refractivity contribution >= 4 is 40.2 Å². The molecule has 0 bridgehead atoms. The molecule has 0 aliphatic heterocycles. The van der Waals surface area contributed by atoms with E-state index in [-0.39, 0.29) is 6.61 Å². The second-order valence-corrected chi connectivity index (χ2v) is 7.11. The zero-order chi connectivity index (χ0) is 22.4. The van der Waals surface area contributed by atoms with Gasteiger partial charge in [0.15, 0.2) is 6.10 Å². The maximum atomic E-state index is 11.6. The van der Waals surface area contributed by atoms with Crippen LogP contribution in [0, 0.1) is 0 Å². The van der Waals surface area contributed by atoms with Crippen LogP contribution in [0.15, 0.2) is 54.4 Å². The highest BCUT2D eigenvalue weighted by molar-refractivity contribution is 6.42. The quantitative estimate of drug-likeness (QED) is 0.245. The number of carbonyl (C=O) groups excluding carboxylic acids is 1. The highest BCUT2D eigenvalue weighted by atomic mass is 35.5. The summed E-state index contributed by atoms with van der Waals surface area (Å²) >= 11 is 12.0. The number of esters is 1. The van der Waals surface area contributed by atoms with E-state index in [1.54, 1.807) is 50.2 Å². The van der Waals surface area contributed by atoms with Gasteiger partial charge in [0.05, 0.1) is 47.1 Å². The number of rotatable bonds is 8. The summed E-state index contributed by atoms with van der Waals surface area (Å²) in [5.74, 6) is 1.29. The summed E-state index contributed by atoms with van der Waals surface area (Å²) in [6.45, 7) is 3.78. The van der Waals surface area contributed by atoms with E-state index in [0.717, 1.165) is 0 Å². The normalized spacial score (nSPS) is 12.4. The number of nitrogens with zero attached hydrogens (tertiary/aromatic N) is 2. The summed E-state index contributed by atoms with van der Waals surface area (Å²) in [5, 5.41) is 0.805. The zero-order valence-corrected chi connectivity index (χ0v) is 18.6. The van der Waals surface area contributed by atoms with Crippen LogP contribution in [0.4, 0.5) is 0 Å². The number of methoxy groups -OCH3 is 1. The largest absolute Gasteiger partial charge is 0.497 e. The molecule has 3 aromatic rings. The Kier molecular flexibility index (Phi) is 7.55. The molecule has 1 atom stereocenters. The molecule has 0 aliphatic rings. The summed E-state index contributed by atoms with van der Waals surface area (Å²) in [4.78, 5) is 20.3. The van der Waals surface area contributed by atoms with Crippen molar-refractivity contribution in [2.45, 2.75) is 20.0 Å². The number of hydrogen-bond acceptors (Lipinski definition) is 7. The first kappa shape index (κ1) is 22.7. The molecular formula is C22H20Cl2N2O5. The van der Waals surface area contributed by atoms with Crippen molar-refractivity contribution < 1.29 is 23.7 Å². The molecule has 0 saturated heterocycles. The standard InChI is InChI=1S/C22H20Cl2N2O5/c1-4-29-22(27)11-20(28-3)13(2)30-14-5-7-15(8-6-14)31-21-12-25-18-9-16(23)17(24)10-19(18)26-21/h5-13H,4H2,1-3H3. The van der Waals surface area contributed by atoms with Gasteiger partial charge in [0.1, 0.15) is 17.3 Å². The fourth-order valence-electron chi connectivity index (χ4n) is 2.65. The van der Waals surface area contributed by atoms with E-state index in [1.165, 1.54) is 19.4 Å². The second-order valence-electron chi connectivity index (χ2n) is 6.30. The molecule has 1 aromatic heterocycles. The lowest BCUT2D eigenvalue weighted by Crippen LogP contribution is -2.18. The van der Waals surface area contributed by atoms with Gasteiger partial charge >= 0.3 is 5.97 Å². The monoisotopic (exact) mass is 462 g/mol. The van der Waals surface area contributed by atoms with Gasteiger partial charge in [-0.3, -0.25) is 0 Å². The summed E-state index contributed by atoms with van der Waals surface area (Å²) < 4.78 is 21.7. The van der Waals surface area contributed by atoms with Crippen molar-refractivity contribution in [1.82, 2.24) is 9.97 Å². The van der Waals surface area contributed by atoms with E-state index in [0.29, 0.717) is 44.2 Å². The number of benzene rings is 2. The minimum absolute atomic E-state index is 0.283. The first-order valence-electron chi connectivity index (χ1n) is 9.38. The Balaban J connectivity index is 1.68. The predicted octanol–water partition coefficient (Wildman–Crippen LogP) is 5.59. The highest BCUT2D eigenvalue weighted by Gasteiger charge is 2.14. The number of fused-ring (bicyclic) bond motifs is 1. The summed E-state index contributed by atoms with van der Waals surface area (Å²) in [5.41, 5.74) is 1.19. The third kappa shape index (κ3) is 5.99. The van der Waals surface area contributed by atoms with E-state index < -0.39 is 12.1 Å². The molecule has 1 unspecified atom stereocenters. The van der Waals surface area contributed by atoms with Crippen LogP contribution in [0.1, 0.15) is 13.8 Å². The lowest BCUT2D eigenvalue weighted by molar-refractivity contribution is -0.137. The number of carbonyl (C=O) groups is 1. The van der Waals surface area contributed by atoms with Crippen LogP contribution < -0.4 is 9.47 Å². The Morgan fingerprint density at radius 2 is 1.74 bits per heavy atom. The summed E-state index contributed by atoms with van der Waals surface area (Å²) in [6, 6.07) is 10.2. The predicted molar refractivity (Wildman–Crippen MR) is 118 cm³/mol. The van der Waals surface area contributed by atoms with Gasteiger partial charge in [-0.2, -0.15) is 0 Å². The minimum atomic E-state index is -0.496. The molecule has 2 aromatic carbocycles. The fourth-order valence-corrected chi connectivity index (χ4v) is 2.97. The Morgan fingerprint density at radius 3 is 2.39 bits per heavy atom. The van der Waals surface area contributed by atoms with Gasteiger partial charge in [-0.1, -0.05) is 23.2 Å². The molecule has 31 heavy (non-hydrogen) atoms. The maximum absolute atomic E-state index is 11.6. The number of aromatic nitrogens is 2. The molecule has 0 saturated carbocycles. The van der Waals surface area contributed by atoms with E-state index in [9.17, 15) is 4.79 Å². The molecule has 0 fully saturated rings. The molecule has 162 valence electrons. The Morgan fingerprint density at radius 1 is 1.10 bits per heavy atom. The number of hydrogen-bond donors (Lipinski definition) is 0. The topological polar surface area (TPSA) is 79.8 Å². The summed E-state index contributed by atoms with van der Waals surface area (Å²) in [6.07, 6.45) is 2.28. The third-order valence-corrected chi connectivity index (χ3v) is 4.83. The SMILES string of the molecule is CCOC(=O)C=C(OC)C(C)Oc1ccc(Oc2cnc3cc(Cl)c(Cl)cc3n2)cc1. The van der Waals surface area contributed by atoms with Crippen molar-refractivity contribution in [3.8, 4) is 17.4 Å². The lowest BCUT2D eigenvalue weighted by atomic mass is 10.3. The van der Waals surface area contributed by atoms with Gasteiger partial charge in [0.25, 0.3) is 0 Å². The molecule has 0 amide bonds. The molecule has 0 aliphatic carbocycles. The van der Waals surface area contributed by atoms with Crippen molar-refractivity contribution in [3.63, 3.8) is 0 Å². The van der Waals surface area contributed by atoms with E-state index in [1.807, 2.05) is 0 Å².